The lowest BCUT2D eigenvalue weighted by Gasteiger charge is -2.40. The first-order valence-electron chi connectivity index (χ1n) is 10.7. The number of sulfone groups is 1. The van der Waals surface area contributed by atoms with Gasteiger partial charge in [-0.3, -0.25) is 0 Å². The van der Waals surface area contributed by atoms with Gasteiger partial charge in [0.15, 0.2) is 8.32 Å². The van der Waals surface area contributed by atoms with Crippen molar-refractivity contribution in [3.8, 4) is 0 Å². The largest absolute Gasteiger partial charge is 0.414 e. The lowest BCUT2D eigenvalue weighted by atomic mass is 9.77. The Morgan fingerprint density at radius 1 is 1.04 bits per heavy atom. The van der Waals surface area contributed by atoms with Gasteiger partial charge >= 0.3 is 0 Å². The number of hydrogen-bond acceptors (Lipinski definition) is 3. The number of hydrogen-bond donors (Lipinski definition) is 0. The van der Waals surface area contributed by atoms with Crippen LogP contribution in [0, 0.1) is 11.3 Å². The summed E-state index contributed by atoms with van der Waals surface area (Å²) in [5.41, 5.74) is 1.34. The number of allylic oxidation sites excluding steroid dienone is 2. The third-order valence-electron chi connectivity index (χ3n) is 8.10. The molecule has 154 valence electrons. The van der Waals surface area contributed by atoms with E-state index in [0.717, 1.165) is 37.0 Å². The second-order valence-corrected chi connectivity index (χ2v) is 17.2. The smallest absolute Gasteiger partial charge is 0.202 e. The van der Waals surface area contributed by atoms with Crippen LogP contribution in [0.2, 0.25) is 18.1 Å². The van der Waals surface area contributed by atoms with Crippen LogP contribution in [0.25, 0.3) is 0 Å². The van der Waals surface area contributed by atoms with E-state index < -0.39 is 18.2 Å². The predicted molar refractivity (Wildman–Crippen MR) is 116 cm³/mol. The fourth-order valence-electron chi connectivity index (χ4n) is 5.63. The normalized spacial score (nSPS) is 30.6. The van der Waals surface area contributed by atoms with Gasteiger partial charge in [0.2, 0.25) is 9.84 Å². The van der Waals surface area contributed by atoms with Gasteiger partial charge in [-0.2, -0.15) is 0 Å². The summed E-state index contributed by atoms with van der Waals surface area (Å²) in [6, 6.07) is 8.98. The molecular formula is C23H34O3SSi. The summed E-state index contributed by atoms with van der Waals surface area (Å²) in [4.78, 5) is 1.18. The standard InChI is InChI=1S/C23H34O3SSi/c1-22(2,3)28(4,5)26-20-13-15-23-16-14-21(19(23)12-11-18(20)23)27(24,25)17-9-7-6-8-10-17/h6-10,18,20H,11-16H2,1-5H3/t18-,20+,23-/m1/s1. The van der Waals surface area contributed by atoms with Crippen LogP contribution in [-0.2, 0) is 14.3 Å². The molecule has 0 unspecified atom stereocenters. The van der Waals surface area contributed by atoms with Crippen molar-refractivity contribution in [2.24, 2.45) is 11.3 Å². The van der Waals surface area contributed by atoms with Gasteiger partial charge in [0, 0.05) is 11.0 Å². The molecule has 2 fully saturated rings. The van der Waals surface area contributed by atoms with E-state index in [-0.39, 0.29) is 10.5 Å². The topological polar surface area (TPSA) is 43.4 Å². The van der Waals surface area contributed by atoms with E-state index in [4.69, 9.17) is 4.43 Å². The minimum absolute atomic E-state index is 0.0875. The molecule has 0 bridgehead atoms. The van der Waals surface area contributed by atoms with Gasteiger partial charge < -0.3 is 4.43 Å². The first-order valence-corrected chi connectivity index (χ1v) is 15.1. The van der Waals surface area contributed by atoms with Crippen molar-refractivity contribution in [2.75, 3.05) is 0 Å². The van der Waals surface area contributed by atoms with Crippen LogP contribution >= 0.6 is 0 Å². The van der Waals surface area contributed by atoms with Gasteiger partial charge in [0.05, 0.1) is 4.90 Å². The molecule has 28 heavy (non-hydrogen) atoms. The molecule has 1 aromatic rings. The van der Waals surface area contributed by atoms with Gasteiger partial charge in [-0.1, -0.05) is 39.0 Å². The molecule has 0 aliphatic heterocycles. The van der Waals surface area contributed by atoms with E-state index in [1.165, 1.54) is 5.57 Å². The molecule has 1 spiro atoms. The maximum Gasteiger partial charge on any atom is 0.202 e. The Labute approximate surface area is 171 Å². The van der Waals surface area contributed by atoms with Crippen molar-refractivity contribution in [3.05, 3.63) is 40.8 Å². The second kappa shape index (κ2) is 6.54. The van der Waals surface area contributed by atoms with E-state index >= 15 is 0 Å². The minimum Gasteiger partial charge on any atom is -0.414 e. The number of benzene rings is 1. The van der Waals surface area contributed by atoms with Crippen molar-refractivity contribution in [3.63, 3.8) is 0 Å². The SMILES string of the molecule is CC(C)(C)[Si](C)(C)O[C@H]1CC[C@]23CCC(S(=O)(=O)c4ccccc4)=C2CC[C@H]13. The summed E-state index contributed by atoms with van der Waals surface area (Å²) < 4.78 is 33.5. The van der Waals surface area contributed by atoms with Gasteiger partial charge in [-0.25, -0.2) is 8.42 Å². The van der Waals surface area contributed by atoms with Crippen molar-refractivity contribution < 1.29 is 12.8 Å². The molecule has 3 atom stereocenters. The molecule has 0 radical (unpaired) electrons. The average Bonchev–Trinajstić information content (AvgIpc) is 3.24. The Kier molecular flexibility index (Phi) is 4.76. The first-order chi connectivity index (χ1) is 13.0. The minimum atomic E-state index is -3.37. The van der Waals surface area contributed by atoms with Gasteiger partial charge in [0.1, 0.15) is 0 Å². The molecular weight excluding hydrogens is 384 g/mol. The van der Waals surface area contributed by atoms with Gasteiger partial charge in [-0.05, 0) is 85.7 Å². The molecule has 0 N–H and O–H groups in total. The highest BCUT2D eigenvalue weighted by Crippen LogP contribution is 2.66. The highest BCUT2D eigenvalue weighted by molar-refractivity contribution is 7.95. The molecule has 0 aromatic heterocycles. The third kappa shape index (κ3) is 2.96. The van der Waals surface area contributed by atoms with Crippen molar-refractivity contribution >= 4 is 18.2 Å². The quantitative estimate of drug-likeness (QED) is 0.556. The van der Waals surface area contributed by atoms with Crippen molar-refractivity contribution in [1.29, 1.82) is 0 Å². The van der Waals surface area contributed by atoms with Crippen LogP contribution in [0.1, 0.15) is 59.3 Å². The molecule has 4 rings (SSSR count). The predicted octanol–water partition coefficient (Wildman–Crippen LogP) is 6.09. The highest BCUT2D eigenvalue weighted by Gasteiger charge is 2.59. The molecule has 5 heteroatoms. The summed E-state index contributed by atoms with van der Waals surface area (Å²) in [6.45, 7) is 11.6. The highest BCUT2D eigenvalue weighted by atomic mass is 32.2. The Balaban J connectivity index is 1.65. The Morgan fingerprint density at radius 2 is 1.71 bits per heavy atom. The van der Waals surface area contributed by atoms with Crippen LogP contribution in [0.15, 0.2) is 45.7 Å². The lowest BCUT2D eigenvalue weighted by Crippen LogP contribution is -2.45. The fourth-order valence-corrected chi connectivity index (χ4v) is 8.82. The zero-order valence-electron chi connectivity index (χ0n) is 17.9. The average molecular weight is 419 g/mol. The lowest BCUT2D eigenvalue weighted by molar-refractivity contribution is 0.112. The molecule has 0 amide bonds. The molecule has 2 saturated carbocycles. The van der Waals surface area contributed by atoms with Gasteiger partial charge in [0.25, 0.3) is 0 Å². The fraction of sp³-hybridized carbons (Fsp3) is 0.652. The van der Waals surface area contributed by atoms with E-state index in [2.05, 4.69) is 33.9 Å². The van der Waals surface area contributed by atoms with Crippen LogP contribution in [0.5, 0.6) is 0 Å². The monoisotopic (exact) mass is 418 g/mol. The zero-order chi connectivity index (χ0) is 20.4. The molecule has 0 heterocycles. The second-order valence-electron chi connectivity index (χ2n) is 10.5. The molecule has 3 nitrogen and oxygen atoms in total. The van der Waals surface area contributed by atoms with Crippen LogP contribution < -0.4 is 0 Å². The summed E-state index contributed by atoms with van der Waals surface area (Å²) >= 11 is 0. The summed E-state index contributed by atoms with van der Waals surface area (Å²) in [7, 11) is -5.18. The van der Waals surface area contributed by atoms with E-state index in [9.17, 15) is 8.42 Å². The first kappa shape index (κ1) is 20.4. The summed E-state index contributed by atoms with van der Waals surface area (Å²) in [5, 5.41) is 0.206. The van der Waals surface area contributed by atoms with Crippen LogP contribution in [0.4, 0.5) is 0 Å². The van der Waals surface area contributed by atoms with Crippen molar-refractivity contribution in [2.45, 2.75) is 88.4 Å². The Morgan fingerprint density at radius 3 is 2.36 bits per heavy atom. The Bertz CT molecular complexity index is 896. The van der Waals surface area contributed by atoms with E-state index in [0.29, 0.717) is 23.3 Å². The van der Waals surface area contributed by atoms with Crippen LogP contribution in [0.3, 0.4) is 0 Å². The number of rotatable bonds is 4. The zero-order valence-corrected chi connectivity index (χ0v) is 19.7. The van der Waals surface area contributed by atoms with Gasteiger partial charge in [-0.15, -0.1) is 0 Å². The molecule has 3 aliphatic carbocycles. The van der Waals surface area contributed by atoms with Crippen molar-refractivity contribution in [1.82, 2.24) is 0 Å². The maximum absolute atomic E-state index is 13.3. The summed E-state index contributed by atoms with van der Waals surface area (Å²) in [5.74, 6) is 0.500. The maximum atomic E-state index is 13.3. The molecule has 1 aromatic carbocycles. The third-order valence-corrected chi connectivity index (χ3v) is 14.6. The van der Waals surface area contributed by atoms with Crippen LogP contribution in [-0.4, -0.2) is 22.8 Å². The van der Waals surface area contributed by atoms with E-state index in [1.54, 1.807) is 12.1 Å². The molecule has 0 saturated heterocycles. The molecule has 3 aliphatic rings. The Hall–Kier alpha value is -0.913. The summed E-state index contributed by atoms with van der Waals surface area (Å²) in [6.07, 6.45) is 6.20. The van der Waals surface area contributed by atoms with E-state index in [1.807, 2.05) is 18.2 Å².